The second-order valence-electron chi connectivity index (χ2n) is 8.09. The van der Waals surface area contributed by atoms with Crippen LogP contribution in [0.4, 0.5) is 0 Å². The molecule has 4 rings (SSSR count). The Labute approximate surface area is 153 Å². The summed E-state index contributed by atoms with van der Waals surface area (Å²) in [5.74, 6) is 0. The first-order valence-electron chi connectivity index (χ1n) is 8.93. The predicted molar refractivity (Wildman–Crippen MR) is 109 cm³/mol. The Bertz CT molecular complexity index is 1030. The Morgan fingerprint density at radius 3 is 1.73 bits per heavy atom. The molecule has 0 fully saturated rings. The predicted octanol–water partition coefficient (Wildman–Crippen LogP) is 3.84. The van der Waals surface area contributed by atoms with E-state index in [2.05, 4.69) is 42.5 Å². The fourth-order valence-electron chi connectivity index (χ4n) is 3.41. The highest BCUT2D eigenvalue weighted by molar-refractivity contribution is 6.61. The van der Waals surface area contributed by atoms with Crippen LogP contribution >= 0.6 is 0 Å². The van der Waals surface area contributed by atoms with Crippen LogP contribution in [0, 0.1) is 0 Å². The van der Waals surface area contributed by atoms with Crippen LogP contribution in [0.1, 0.15) is 27.7 Å². The summed E-state index contributed by atoms with van der Waals surface area (Å²) in [6.07, 6.45) is 0. The van der Waals surface area contributed by atoms with Crippen molar-refractivity contribution >= 4 is 44.9 Å². The van der Waals surface area contributed by atoms with E-state index in [-0.39, 0.29) is 0 Å². The first kappa shape index (κ1) is 17.3. The van der Waals surface area contributed by atoms with Crippen molar-refractivity contribution in [1.82, 2.24) is 0 Å². The van der Waals surface area contributed by atoms with Crippen molar-refractivity contribution in [3.63, 3.8) is 0 Å². The smallest absolute Gasteiger partial charge is 0.423 e. The van der Waals surface area contributed by atoms with Gasteiger partial charge in [0.05, 0.1) is 11.2 Å². The molecule has 0 saturated carbocycles. The van der Waals surface area contributed by atoms with Crippen LogP contribution in [-0.4, -0.2) is 28.5 Å². The lowest BCUT2D eigenvalue weighted by Crippen LogP contribution is -2.53. The van der Waals surface area contributed by atoms with E-state index in [1.165, 1.54) is 21.5 Å². The first-order chi connectivity index (χ1) is 12.2. The molecule has 0 spiro atoms. The number of hydrogen-bond donors (Lipinski definition) is 2. The summed E-state index contributed by atoms with van der Waals surface area (Å²) in [5.41, 5.74) is -1.29. The number of rotatable bonds is 4. The first-order valence-corrected chi connectivity index (χ1v) is 8.93. The minimum atomic E-state index is -1.11. The molecule has 0 aromatic heterocycles. The molecule has 0 saturated heterocycles. The van der Waals surface area contributed by atoms with Crippen molar-refractivity contribution in [3.8, 4) is 0 Å². The minimum Gasteiger partial charge on any atom is -0.423 e. The van der Waals surface area contributed by atoms with Gasteiger partial charge in [0.15, 0.2) is 0 Å². The van der Waals surface area contributed by atoms with Gasteiger partial charge in [-0.25, -0.2) is 0 Å². The molecular formula is C22H23BO3. The third-order valence-electron chi connectivity index (χ3n) is 5.65. The number of benzene rings is 4. The van der Waals surface area contributed by atoms with Gasteiger partial charge in [0.2, 0.25) is 0 Å². The molecule has 0 unspecified atom stereocenters. The van der Waals surface area contributed by atoms with E-state index < -0.39 is 18.3 Å². The van der Waals surface area contributed by atoms with Gasteiger partial charge in [-0.3, -0.25) is 0 Å². The minimum absolute atomic E-state index is 0.688. The van der Waals surface area contributed by atoms with Crippen molar-refractivity contribution in [1.29, 1.82) is 0 Å². The van der Waals surface area contributed by atoms with Gasteiger partial charge in [-0.2, -0.15) is 0 Å². The lowest BCUT2D eigenvalue weighted by Gasteiger charge is -2.38. The van der Waals surface area contributed by atoms with E-state index in [1.54, 1.807) is 27.7 Å². The van der Waals surface area contributed by atoms with Crippen molar-refractivity contribution in [3.05, 3.63) is 54.6 Å². The van der Waals surface area contributed by atoms with E-state index in [1.807, 2.05) is 12.1 Å². The molecule has 0 aliphatic carbocycles. The van der Waals surface area contributed by atoms with E-state index in [0.717, 1.165) is 10.8 Å². The van der Waals surface area contributed by atoms with E-state index in [0.29, 0.717) is 5.46 Å². The highest BCUT2D eigenvalue weighted by Gasteiger charge is 2.39. The maximum Gasteiger partial charge on any atom is 0.491 e. The lowest BCUT2D eigenvalue weighted by molar-refractivity contribution is -0.0982. The SMILES string of the molecule is CC(C)(O)C(C)(C)OB(O)c1cc2ccc3cccc4ccc(c1)c2c34. The highest BCUT2D eigenvalue weighted by atomic mass is 16.5. The van der Waals surface area contributed by atoms with E-state index in [9.17, 15) is 10.1 Å². The molecule has 0 aliphatic heterocycles. The molecule has 0 heterocycles. The third kappa shape index (κ3) is 2.66. The molecule has 26 heavy (non-hydrogen) atoms. The normalized spacial score (nSPS) is 13.2. The summed E-state index contributed by atoms with van der Waals surface area (Å²) in [6, 6.07) is 18.7. The quantitative estimate of drug-likeness (QED) is 0.436. The van der Waals surface area contributed by atoms with Gasteiger partial charge in [0.1, 0.15) is 0 Å². The molecule has 0 bridgehead atoms. The molecule has 0 radical (unpaired) electrons. The van der Waals surface area contributed by atoms with Crippen LogP contribution in [0.3, 0.4) is 0 Å². The topological polar surface area (TPSA) is 49.7 Å². The van der Waals surface area contributed by atoms with Crippen molar-refractivity contribution in [2.75, 3.05) is 0 Å². The summed E-state index contributed by atoms with van der Waals surface area (Å²) >= 11 is 0. The average Bonchev–Trinajstić information content (AvgIpc) is 2.58. The summed E-state index contributed by atoms with van der Waals surface area (Å²) in [7, 11) is -1.11. The van der Waals surface area contributed by atoms with Crippen LogP contribution < -0.4 is 5.46 Å². The third-order valence-corrected chi connectivity index (χ3v) is 5.65. The zero-order chi connectivity index (χ0) is 18.7. The largest absolute Gasteiger partial charge is 0.491 e. The summed E-state index contributed by atoms with van der Waals surface area (Å²) < 4.78 is 5.82. The zero-order valence-electron chi connectivity index (χ0n) is 15.6. The molecule has 0 aliphatic rings. The van der Waals surface area contributed by atoms with Gasteiger partial charge in [0, 0.05) is 0 Å². The van der Waals surface area contributed by atoms with Crippen LogP contribution in [0.2, 0.25) is 0 Å². The standard InChI is InChI=1S/C22H23BO3/c1-21(2,24)22(3,4)26-23(25)18-12-16-10-8-14-6-5-7-15-9-11-17(13-18)20(16)19(14)15/h5-13,24-25H,1-4H3. The molecule has 0 atom stereocenters. The second kappa shape index (κ2) is 5.68. The Morgan fingerprint density at radius 2 is 1.23 bits per heavy atom. The van der Waals surface area contributed by atoms with E-state index >= 15 is 0 Å². The molecule has 4 aromatic rings. The van der Waals surface area contributed by atoms with Gasteiger partial charge in [0.25, 0.3) is 0 Å². The molecule has 4 heteroatoms. The molecule has 0 amide bonds. The van der Waals surface area contributed by atoms with Gasteiger partial charge in [-0.1, -0.05) is 54.6 Å². The number of aliphatic hydroxyl groups is 1. The highest BCUT2D eigenvalue weighted by Crippen LogP contribution is 2.34. The Balaban J connectivity index is 1.85. The Morgan fingerprint density at radius 1 is 0.769 bits per heavy atom. The maximum absolute atomic E-state index is 10.7. The van der Waals surface area contributed by atoms with Crippen molar-refractivity contribution < 1.29 is 14.8 Å². The van der Waals surface area contributed by atoms with Crippen LogP contribution in [0.15, 0.2) is 54.6 Å². The van der Waals surface area contributed by atoms with Gasteiger partial charge >= 0.3 is 7.12 Å². The van der Waals surface area contributed by atoms with E-state index in [4.69, 9.17) is 4.65 Å². The molecule has 3 nitrogen and oxygen atoms in total. The zero-order valence-corrected chi connectivity index (χ0v) is 15.6. The van der Waals surface area contributed by atoms with Gasteiger partial charge in [-0.05, 0) is 65.5 Å². The fraction of sp³-hybridized carbons (Fsp3) is 0.273. The number of hydrogen-bond acceptors (Lipinski definition) is 3. The van der Waals surface area contributed by atoms with Crippen LogP contribution in [0.5, 0.6) is 0 Å². The van der Waals surface area contributed by atoms with Crippen molar-refractivity contribution in [2.24, 2.45) is 0 Å². The van der Waals surface area contributed by atoms with Crippen molar-refractivity contribution in [2.45, 2.75) is 38.9 Å². The lowest BCUT2D eigenvalue weighted by atomic mass is 9.75. The Kier molecular flexibility index (Phi) is 3.78. The van der Waals surface area contributed by atoms with Crippen LogP contribution in [0.25, 0.3) is 32.3 Å². The fourth-order valence-corrected chi connectivity index (χ4v) is 3.41. The maximum atomic E-state index is 10.7. The molecule has 132 valence electrons. The monoisotopic (exact) mass is 346 g/mol. The average molecular weight is 346 g/mol. The summed E-state index contributed by atoms with van der Waals surface area (Å²) in [6.45, 7) is 6.92. The molecular weight excluding hydrogens is 323 g/mol. The molecule has 2 N–H and O–H groups in total. The van der Waals surface area contributed by atoms with Gasteiger partial charge in [-0.15, -0.1) is 0 Å². The second-order valence-corrected chi connectivity index (χ2v) is 8.09. The van der Waals surface area contributed by atoms with Gasteiger partial charge < -0.3 is 14.8 Å². The summed E-state index contributed by atoms with van der Waals surface area (Å²) in [5, 5.41) is 28.0. The molecule has 4 aromatic carbocycles. The summed E-state index contributed by atoms with van der Waals surface area (Å²) in [4.78, 5) is 0. The Hall–Kier alpha value is -2.14. The van der Waals surface area contributed by atoms with Crippen LogP contribution in [-0.2, 0) is 4.65 Å².